The summed E-state index contributed by atoms with van der Waals surface area (Å²) in [5.74, 6) is -1.04. The number of rotatable bonds is 2. The van der Waals surface area contributed by atoms with E-state index in [1.165, 1.54) is 4.90 Å². The van der Waals surface area contributed by atoms with Gasteiger partial charge in [-0.1, -0.05) is 0 Å². The number of hydrogen-bond acceptors (Lipinski definition) is 4. The van der Waals surface area contributed by atoms with Gasteiger partial charge in [-0.3, -0.25) is 10.1 Å². The molecule has 1 aromatic rings. The van der Waals surface area contributed by atoms with Crippen molar-refractivity contribution in [2.24, 2.45) is 0 Å². The van der Waals surface area contributed by atoms with Crippen molar-refractivity contribution >= 4 is 11.9 Å². The van der Waals surface area contributed by atoms with Gasteiger partial charge in [-0.2, -0.15) is 0 Å². The number of aliphatic carboxylic acids is 1. The number of nitrogens with one attached hydrogen (secondary N) is 2. The zero-order valence-corrected chi connectivity index (χ0v) is 10.4. The number of aromatic amines is 1. The van der Waals surface area contributed by atoms with E-state index in [1.54, 1.807) is 6.33 Å². The van der Waals surface area contributed by atoms with Crippen molar-refractivity contribution in [3.8, 4) is 0 Å². The van der Waals surface area contributed by atoms with Crippen molar-refractivity contribution < 1.29 is 14.7 Å². The maximum absolute atomic E-state index is 12.4. The summed E-state index contributed by atoms with van der Waals surface area (Å²) in [4.78, 5) is 32.2. The first-order valence-corrected chi connectivity index (χ1v) is 6.44. The highest BCUT2D eigenvalue weighted by Gasteiger charge is 2.38. The molecule has 1 aromatic heterocycles. The number of carboxylic acid groups (broad SMARTS) is 1. The lowest BCUT2D eigenvalue weighted by Crippen LogP contribution is -2.52. The predicted molar refractivity (Wildman–Crippen MR) is 65.3 cm³/mol. The molecule has 0 spiro atoms. The lowest BCUT2D eigenvalue weighted by atomic mass is 10.0. The molecule has 3 rings (SSSR count). The molecule has 2 atom stereocenters. The Balaban J connectivity index is 1.73. The minimum absolute atomic E-state index is 0.126. The second kappa shape index (κ2) is 4.65. The number of amides is 1. The van der Waals surface area contributed by atoms with Crippen LogP contribution in [-0.2, 0) is 22.6 Å². The van der Waals surface area contributed by atoms with Gasteiger partial charge in [0.05, 0.1) is 23.8 Å². The highest BCUT2D eigenvalue weighted by Crippen LogP contribution is 2.21. The van der Waals surface area contributed by atoms with Gasteiger partial charge in [0.15, 0.2) is 0 Å². The Morgan fingerprint density at radius 2 is 2.32 bits per heavy atom. The molecule has 2 aliphatic heterocycles. The van der Waals surface area contributed by atoms with Crippen molar-refractivity contribution in [1.82, 2.24) is 20.2 Å². The summed E-state index contributed by atoms with van der Waals surface area (Å²) in [6, 6.07) is -1.04. The third-order valence-electron chi connectivity index (χ3n) is 3.85. The van der Waals surface area contributed by atoms with Gasteiger partial charge in [0, 0.05) is 19.5 Å². The Bertz CT molecular complexity index is 513. The van der Waals surface area contributed by atoms with Crippen LogP contribution in [0.25, 0.3) is 0 Å². The molecule has 0 aliphatic carbocycles. The summed E-state index contributed by atoms with van der Waals surface area (Å²) in [5, 5.41) is 12.3. The van der Waals surface area contributed by atoms with Gasteiger partial charge in [0.2, 0.25) is 5.91 Å². The van der Waals surface area contributed by atoms with E-state index in [-0.39, 0.29) is 11.9 Å². The van der Waals surface area contributed by atoms with Gasteiger partial charge in [0.25, 0.3) is 0 Å². The second-order valence-corrected chi connectivity index (χ2v) is 4.99. The van der Waals surface area contributed by atoms with Crippen LogP contribution >= 0.6 is 0 Å². The molecule has 19 heavy (non-hydrogen) atoms. The lowest BCUT2D eigenvalue weighted by molar-refractivity contribution is -0.149. The molecule has 1 saturated heterocycles. The highest BCUT2D eigenvalue weighted by molar-refractivity contribution is 5.88. The SMILES string of the molecule is O=C(O)[C@H]1CCCN1C(=O)C1Cc2nc[nH]c2CN1. The minimum atomic E-state index is -0.915. The molecule has 2 aliphatic rings. The summed E-state index contributed by atoms with van der Waals surface area (Å²) in [5.41, 5.74) is 1.89. The summed E-state index contributed by atoms with van der Waals surface area (Å²) in [6.07, 6.45) is 3.43. The molecule has 0 saturated carbocycles. The number of carboxylic acids is 1. The monoisotopic (exact) mass is 264 g/mol. The maximum atomic E-state index is 12.4. The quantitative estimate of drug-likeness (QED) is 0.669. The molecule has 7 heteroatoms. The zero-order chi connectivity index (χ0) is 13.4. The minimum Gasteiger partial charge on any atom is -0.480 e. The molecule has 1 amide bonds. The first-order valence-electron chi connectivity index (χ1n) is 6.44. The van der Waals surface area contributed by atoms with Gasteiger partial charge in [-0.15, -0.1) is 0 Å². The van der Waals surface area contributed by atoms with E-state index in [0.717, 1.165) is 17.8 Å². The van der Waals surface area contributed by atoms with E-state index < -0.39 is 12.0 Å². The molecule has 1 fully saturated rings. The topological polar surface area (TPSA) is 98.3 Å². The van der Waals surface area contributed by atoms with E-state index >= 15 is 0 Å². The fraction of sp³-hybridized carbons (Fsp3) is 0.583. The first-order chi connectivity index (χ1) is 9.16. The maximum Gasteiger partial charge on any atom is 0.326 e. The fourth-order valence-electron chi connectivity index (χ4n) is 2.83. The Morgan fingerprint density at radius 1 is 1.47 bits per heavy atom. The summed E-state index contributed by atoms with van der Waals surface area (Å²) in [6.45, 7) is 1.10. The molecule has 7 nitrogen and oxygen atoms in total. The molecule has 0 bridgehead atoms. The van der Waals surface area contributed by atoms with Crippen LogP contribution in [0.2, 0.25) is 0 Å². The van der Waals surface area contributed by atoms with Crippen molar-refractivity contribution in [2.75, 3.05) is 6.54 Å². The largest absolute Gasteiger partial charge is 0.480 e. The van der Waals surface area contributed by atoms with Crippen LogP contribution in [0.3, 0.4) is 0 Å². The normalized spacial score (nSPS) is 26.2. The number of carbonyl (C=O) groups excluding carboxylic acids is 1. The molecule has 0 radical (unpaired) electrons. The van der Waals surface area contributed by atoms with Crippen molar-refractivity contribution in [2.45, 2.75) is 37.9 Å². The van der Waals surface area contributed by atoms with Gasteiger partial charge in [-0.25, -0.2) is 9.78 Å². The predicted octanol–water partition coefficient (Wildman–Crippen LogP) is -0.500. The number of carbonyl (C=O) groups is 2. The van der Waals surface area contributed by atoms with Crippen LogP contribution in [0.5, 0.6) is 0 Å². The summed E-state index contributed by atoms with van der Waals surface area (Å²) < 4.78 is 0. The Morgan fingerprint density at radius 3 is 3.11 bits per heavy atom. The molecular formula is C12H16N4O3. The number of hydrogen-bond donors (Lipinski definition) is 3. The third-order valence-corrected chi connectivity index (χ3v) is 3.85. The second-order valence-electron chi connectivity index (χ2n) is 4.99. The molecule has 3 N–H and O–H groups in total. The Kier molecular flexibility index (Phi) is 2.98. The number of aromatic nitrogens is 2. The van der Waals surface area contributed by atoms with Crippen LogP contribution in [0, 0.1) is 0 Å². The zero-order valence-electron chi connectivity index (χ0n) is 10.4. The van der Waals surface area contributed by atoms with E-state index in [9.17, 15) is 9.59 Å². The Hall–Kier alpha value is -1.89. The van der Waals surface area contributed by atoms with Crippen LogP contribution < -0.4 is 5.32 Å². The number of nitrogens with zero attached hydrogens (tertiary/aromatic N) is 2. The van der Waals surface area contributed by atoms with E-state index in [1.807, 2.05) is 0 Å². The molecule has 3 heterocycles. The number of fused-ring (bicyclic) bond motifs is 1. The standard InChI is InChI=1S/C12H16N4O3/c17-11(16-3-1-2-10(16)12(18)19)8-4-7-9(5-13-8)15-6-14-7/h6,8,10,13H,1-5H2,(H,14,15)(H,18,19)/t8?,10-/m1/s1. The number of H-pyrrole nitrogens is 1. The van der Waals surface area contributed by atoms with E-state index in [2.05, 4.69) is 15.3 Å². The first kappa shape index (κ1) is 12.2. The molecule has 1 unspecified atom stereocenters. The third kappa shape index (κ3) is 2.10. The number of imidazole rings is 1. The van der Waals surface area contributed by atoms with Gasteiger partial charge < -0.3 is 15.0 Å². The van der Waals surface area contributed by atoms with Gasteiger partial charge in [0.1, 0.15) is 6.04 Å². The fourth-order valence-corrected chi connectivity index (χ4v) is 2.83. The smallest absolute Gasteiger partial charge is 0.326 e. The number of likely N-dealkylation sites (tertiary alicyclic amines) is 1. The molecule has 0 aromatic carbocycles. The van der Waals surface area contributed by atoms with Crippen LogP contribution in [0.1, 0.15) is 24.2 Å². The lowest BCUT2D eigenvalue weighted by Gasteiger charge is -2.29. The summed E-state index contributed by atoms with van der Waals surface area (Å²) >= 11 is 0. The van der Waals surface area contributed by atoms with E-state index in [4.69, 9.17) is 5.11 Å². The highest BCUT2D eigenvalue weighted by atomic mass is 16.4. The molecular weight excluding hydrogens is 248 g/mol. The molecule has 102 valence electrons. The van der Waals surface area contributed by atoms with Gasteiger partial charge >= 0.3 is 5.97 Å². The van der Waals surface area contributed by atoms with E-state index in [0.29, 0.717) is 25.9 Å². The summed E-state index contributed by atoms with van der Waals surface area (Å²) in [7, 11) is 0. The average Bonchev–Trinajstić information content (AvgIpc) is 3.05. The van der Waals surface area contributed by atoms with Crippen molar-refractivity contribution in [1.29, 1.82) is 0 Å². The van der Waals surface area contributed by atoms with Crippen molar-refractivity contribution in [3.63, 3.8) is 0 Å². The average molecular weight is 264 g/mol. The van der Waals surface area contributed by atoms with Crippen LogP contribution in [0.15, 0.2) is 6.33 Å². The van der Waals surface area contributed by atoms with Crippen LogP contribution in [-0.4, -0.2) is 50.5 Å². The van der Waals surface area contributed by atoms with Crippen molar-refractivity contribution in [3.05, 3.63) is 17.7 Å². The van der Waals surface area contributed by atoms with Gasteiger partial charge in [-0.05, 0) is 12.8 Å². The van der Waals surface area contributed by atoms with Crippen LogP contribution in [0.4, 0.5) is 0 Å². The Labute approximate surface area is 110 Å².